The Morgan fingerprint density at radius 2 is 1.86 bits per heavy atom. The van der Waals surface area contributed by atoms with Gasteiger partial charge in [-0.2, -0.15) is 0 Å². The summed E-state index contributed by atoms with van der Waals surface area (Å²) >= 11 is 3.04. The standard InChI is InChI=1S/C14H12BrNO5/c1-2-16-14(21)7-3-6-4-8(15)11(18)13(20)10(6)12(19)9(17)5-7/h3-5,18,20H,2H2,1H3,(H,16,21)(H,17,19). The van der Waals surface area contributed by atoms with E-state index in [-0.39, 0.29) is 20.8 Å². The lowest BCUT2D eigenvalue weighted by molar-refractivity contribution is 0.0955. The molecule has 0 aliphatic heterocycles. The second-order valence-corrected chi connectivity index (χ2v) is 5.19. The topological polar surface area (TPSA) is 107 Å². The number of amides is 1. The van der Waals surface area contributed by atoms with Crippen molar-refractivity contribution in [3.8, 4) is 17.2 Å². The number of carbonyl (C=O) groups is 1. The average Bonchev–Trinajstić information content (AvgIpc) is 2.55. The van der Waals surface area contributed by atoms with Crippen LogP contribution in [0.15, 0.2) is 27.5 Å². The van der Waals surface area contributed by atoms with Crippen LogP contribution in [0.1, 0.15) is 17.3 Å². The Bertz CT molecular complexity index is 804. The number of aromatic hydroxyl groups is 3. The van der Waals surface area contributed by atoms with Gasteiger partial charge in [0.25, 0.3) is 5.91 Å². The number of rotatable bonds is 2. The molecule has 2 aromatic carbocycles. The summed E-state index contributed by atoms with van der Waals surface area (Å²) in [7, 11) is 0. The maximum absolute atomic E-state index is 12.1. The molecule has 0 fully saturated rings. The van der Waals surface area contributed by atoms with E-state index in [0.717, 1.165) is 6.07 Å². The number of carbonyl (C=O) groups excluding carboxylic acids is 1. The Labute approximate surface area is 127 Å². The quantitative estimate of drug-likeness (QED) is 0.616. The zero-order valence-corrected chi connectivity index (χ0v) is 12.6. The fraction of sp³-hybridized carbons (Fsp3) is 0.143. The minimum absolute atomic E-state index is 0.0680. The van der Waals surface area contributed by atoms with Crippen molar-refractivity contribution in [3.05, 3.63) is 38.5 Å². The van der Waals surface area contributed by atoms with E-state index in [9.17, 15) is 24.9 Å². The van der Waals surface area contributed by atoms with Gasteiger partial charge in [0.2, 0.25) is 5.43 Å². The van der Waals surface area contributed by atoms with Gasteiger partial charge in [0.1, 0.15) is 0 Å². The normalized spacial score (nSPS) is 10.6. The SMILES string of the molecule is CCNC(=O)c1cc(O)c(=O)c2c(O)c(O)c(Br)cc2c1. The highest BCUT2D eigenvalue weighted by molar-refractivity contribution is 9.10. The number of phenolic OH excluding ortho intramolecular Hbond substituents is 2. The van der Waals surface area contributed by atoms with E-state index in [1.807, 2.05) is 0 Å². The first-order chi connectivity index (χ1) is 9.86. The van der Waals surface area contributed by atoms with Crippen LogP contribution in [0.2, 0.25) is 0 Å². The van der Waals surface area contributed by atoms with E-state index in [4.69, 9.17) is 0 Å². The van der Waals surface area contributed by atoms with Crippen molar-refractivity contribution in [2.75, 3.05) is 6.54 Å². The molecule has 0 radical (unpaired) electrons. The van der Waals surface area contributed by atoms with E-state index >= 15 is 0 Å². The Hall–Kier alpha value is -2.28. The van der Waals surface area contributed by atoms with Gasteiger partial charge in [-0.15, -0.1) is 0 Å². The van der Waals surface area contributed by atoms with Crippen molar-refractivity contribution in [1.82, 2.24) is 5.32 Å². The van der Waals surface area contributed by atoms with Gasteiger partial charge >= 0.3 is 0 Å². The van der Waals surface area contributed by atoms with Gasteiger partial charge < -0.3 is 20.6 Å². The highest BCUT2D eigenvalue weighted by atomic mass is 79.9. The molecule has 6 nitrogen and oxygen atoms in total. The van der Waals surface area contributed by atoms with E-state index in [1.165, 1.54) is 12.1 Å². The third-order valence-electron chi connectivity index (χ3n) is 2.92. The molecule has 0 aliphatic carbocycles. The fourth-order valence-electron chi connectivity index (χ4n) is 1.94. The third-order valence-corrected chi connectivity index (χ3v) is 3.53. The molecule has 1 amide bonds. The van der Waals surface area contributed by atoms with Gasteiger partial charge in [0.15, 0.2) is 17.2 Å². The van der Waals surface area contributed by atoms with E-state index in [0.29, 0.717) is 6.54 Å². The van der Waals surface area contributed by atoms with Gasteiger partial charge in [0.05, 0.1) is 9.86 Å². The molecule has 0 saturated carbocycles. The van der Waals surface area contributed by atoms with Crippen molar-refractivity contribution >= 4 is 32.6 Å². The summed E-state index contributed by atoms with van der Waals surface area (Å²) in [5.41, 5.74) is -0.806. The van der Waals surface area contributed by atoms with Gasteiger partial charge in [-0.05, 0) is 46.4 Å². The van der Waals surface area contributed by atoms with Crippen molar-refractivity contribution in [2.45, 2.75) is 6.92 Å². The molecule has 0 saturated heterocycles. The van der Waals surface area contributed by atoms with Crippen LogP contribution in [0.25, 0.3) is 10.8 Å². The van der Waals surface area contributed by atoms with Crippen molar-refractivity contribution in [3.63, 3.8) is 0 Å². The van der Waals surface area contributed by atoms with Gasteiger partial charge in [-0.1, -0.05) is 0 Å². The van der Waals surface area contributed by atoms with Gasteiger partial charge in [-0.3, -0.25) is 9.59 Å². The Balaban J connectivity index is 2.93. The lowest BCUT2D eigenvalue weighted by atomic mass is 10.1. The Morgan fingerprint density at radius 3 is 2.48 bits per heavy atom. The number of fused-ring (bicyclic) bond motifs is 1. The molecule has 2 rings (SSSR count). The zero-order valence-electron chi connectivity index (χ0n) is 11.0. The third kappa shape index (κ3) is 2.64. The van der Waals surface area contributed by atoms with Crippen LogP contribution in [-0.2, 0) is 0 Å². The molecule has 21 heavy (non-hydrogen) atoms. The predicted molar refractivity (Wildman–Crippen MR) is 80.9 cm³/mol. The van der Waals surface area contributed by atoms with Crippen LogP contribution in [0.5, 0.6) is 17.2 Å². The molecule has 0 aromatic heterocycles. The molecule has 0 bridgehead atoms. The summed E-state index contributed by atoms with van der Waals surface area (Å²) in [6.45, 7) is 2.12. The number of phenols is 2. The maximum Gasteiger partial charge on any atom is 0.251 e. The van der Waals surface area contributed by atoms with Crippen molar-refractivity contribution < 1.29 is 20.1 Å². The van der Waals surface area contributed by atoms with Crippen molar-refractivity contribution in [1.29, 1.82) is 0 Å². The van der Waals surface area contributed by atoms with Crippen LogP contribution in [0, 0.1) is 0 Å². The molecule has 4 N–H and O–H groups in total. The molecule has 0 aliphatic rings. The van der Waals surface area contributed by atoms with Crippen LogP contribution < -0.4 is 10.7 Å². The van der Waals surface area contributed by atoms with Crippen LogP contribution in [0.4, 0.5) is 0 Å². The fourth-order valence-corrected chi connectivity index (χ4v) is 2.38. The smallest absolute Gasteiger partial charge is 0.251 e. The molecule has 2 aromatic rings. The first-order valence-corrected chi connectivity index (χ1v) is 6.85. The summed E-state index contributed by atoms with van der Waals surface area (Å²) in [5, 5.41) is 31.8. The zero-order chi connectivity index (χ0) is 15.7. The van der Waals surface area contributed by atoms with Crippen molar-refractivity contribution in [2.24, 2.45) is 0 Å². The average molecular weight is 354 g/mol. The maximum atomic E-state index is 12.1. The summed E-state index contributed by atoms with van der Waals surface area (Å²) in [6.07, 6.45) is 0. The molecule has 110 valence electrons. The van der Waals surface area contributed by atoms with Crippen LogP contribution in [0.3, 0.4) is 0 Å². The first kappa shape index (κ1) is 15.1. The largest absolute Gasteiger partial charge is 0.504 e. The monoisotopic (exact) mass is 353 g/mol. The van der Waals surface area contributed by atoms with E-state index in [1.54, 1.807) is 6.92 Å². The van der Waals surface area contributed by atoms with Gasteiger partial charge in [0, 0.05) is 12.1 Å². The van der Waals surface area contributed by atoms with E-state index < -0.39 is 28.6 Å². The number of hydrogen-bond donors (Lipinski definition) is 4. The number of nitrogens with one attached hydrogen (secondary N) is 1. The number of benzene rings is 1. The minimum Gasteiger partial charge on any atom is -0.504 e. The highest BCUT2D eigenvalue weighted by Crippen LogP contribution is 2.38. The lowest BCUT2D eigenvalue weighted by Crippen LogP contribution is -2.22. The number of hydrogen-bond acceptors (Lipinski definition) is 5. The lowest BCUT2D eigenvalue weighted by Gasteiger charge is -2.03. The Kier molecular flexibility index (Phi) is 4.04. The molecular weight excluding hydrogens is 342 g/mol. The van der Waals surface area contributed by atoms with Gasteiger partial charge in [-0.25, -0.2) is 0 Å². The molecular formula is C14H12BrNO5. The summed E-state index contributed by atoms with van der Waals surface area (Å²) in [5.74, 6) is -2.32. The summed E-state index contributed by atoms with van der Waals surface area (Å²) in [4.78, 5) is 24.0. The van der Waals surface area contributed by atoms with Crippen LogP contribution >= 0.6 is 15.9 Å². The molecule has 0 unspecified atom stereocenters. The first-order valence-electron chi connectivity index (χ1n) is 6.06. The summed E-state index contributed by atoms with van der Waals surface area (Å²) < 4.78 is 0.166. The predicted octanol–water partition coefficient (Wildman–Crippen LogP) is 1.83. The summed E-state index contributed by atoms with van der Waals surface area (Å²) in [6, 6.07) is 3.76. The Morgan fingerprint density at radius 1 is 1.19 bits per heavy atom. The second kappa shape index (κ2) is 5.61. The van der Waals surface area contributed by atoms with E-state index in [2.05, 4.69) is 21.2 Å². The number of halogens is 1. The molecule has 0 heterocycles. The molecule has 0 atom stereocenters. The molecule has 0 spiro atoms. The van der Waals surface area contributed by atoms with Crippen LogP contribution in [-0.4, -0.2) is 27.8 Å². The molecule has 7 heteroatoms. The highest BCUT2D eigenvalue weighted by Gasteiger charge is 2.16. The second-order valence-electron chi connectivity index (χ2n) is 4.34. The minimum atomic E-state index is -0.874.